The second-order valence-corrected chi connectivity index (χ2v) is 4.96. The van der Waals surface area contributed by atoms with Crippen LogP contribution in [0.25, 0.3) is 0 Å². The van der Waals surface area contributed by atoms with Gasteiger partial charge in [0.1, 0.15) is 0 Å². The van der Waals surface area contributed by atoms with Gasteiger partial charge < -0.3 is 10.2 Å². The van der Waals surface area contributed by atoms with E-state index >= 15 is 0 Å². The van der Waals surface area contributed by atoms with Crippen molar-refractivity contribution in [2.24, 2.45) is 0 Å². The Morgan fingerprint density at radius 2 is 2.15 bits per heavy atom. The van der Waals surface area contributed by atoms with Crippen LogP contribution < -0.4 is 10.2 Å². The number of alkyl halides is 3. The fourth-order valence-corrected chi connectivity index (χ4v) is 2.47. The molecule has 3 nitrogen and oxygen atoms in total. The highest BCUT2D eigenvalue weighted by molar-refractivity contribution is 6.34. The minimum absolute atomic E-state index is 0.117. The highest BCUT2D eigenvalue weighted by atomic mass is 35.5. The third kappa shape index (κ3) is 2.91. The van der Waals surface area contributed by atoms with Crippen LogP contribution in [0.5, 0.6) is 0 Å². The summed E-state index contributed by atoms with van der Waals surface area (Å²) in [5.41, 5.74) is -0.691. The number of likely N-dealkylation sites (N-methyl/N-ethyl adjacent to an activating group) is 1. The summed E-state index contributed by atoms with van der Waals surface area (Å²) in [7, 11) is 0. The number of nitrogens with zero attached hydrogens (tertiary/aromatic N) is 1. The minimum atomic E-state index is -4.46. The van der Waals surface area contributed by atoms with Gasteiger partial charge in [0.25, 0.3) is 0 Å². The van der Waals surface area contributed by atoms with Crippen molar-refractivity contribution in [3.05, 3.63) is 28.8 Å². The van der Waals surface area contributed by atoms with Crippen LogP contribution in [0, 0.1) is 0 Å². The normalized spacial score (nSPS) is 19.8. The van der Waals surface area contributed by atoms with Gasteiger partial charge in [-0.05, 0) is 31.2 Å². The van der Waals surface area contributed by atoms with Crippen molar-refractivity contribution >= 4 is 23.2 Å². The van der Waals surface area contributed by atoms with E-state index in [1.54, 1.807) is 0 Å². The van der Waals surface area contributed by atoms with Gasteiger partial charge >= 0.3 is 6.18 Å². The summed E-state index contributed by atoms with van der Waals surface area (Å²) in [6, 6.07) is 2.65. The lowest BCUT2D eigenvalue weighted by atomic mass is 10.2. The fourth-order valence-electron chi connectivity index (χ4n) is 2.25. The standard InChI is InChI=1S/C13H14ClF3N2O/c1-2-18-10-5-6-19(12(10)20)11-7-8(13(15,16)17)3-4-9(11)14/h3-4,7,10,18H,2,5-6H2,1H3. The number of rotatable bonds is 3. The van der Waals surface area contributed by atoms with E-state index in [1.165, 1.54) is 11.0 Å². The molecule has 1 aromatic rings. The van der Waals surface area contributed by atoms with Crippen molar-refractivity contribution in [1.29, 1.82) is 0 Å². The Kier molecular flexibility index (Phi) is 4.25. The Labute approximate surface area is 119 Å². The molecule has 0 radical (unpaired) electrons. The van der Waals surface area contributed by atoms with E-state index in [-0.39, 0.29) is 22.7 Å². The van der Waals surface area contributed by atoms with Crippen molar-refractivity contribution in [2.75, 3.05) is 18.0 Å². The minimum Gasteiger partial charge on any atom is -0.309 e. The van der Waals surface area contributed by atoms with Crippen molar-refractivity contribution in [2.45, 2.75) is 25.6 Å². The number of hydrogen-bond acceptors (Lipinski definition) is 2. The zero-order chi connectivity index (χ0) is 14.9. The lowest BCUT2D eigenvalue weighted by molar-refractivity contribution is -0.137. The number of anilines is 1. The van der Waals surface area contributed by atoms with Gasteiger partial charge in [0.05, 0.1) is 22.3 Å². The molecule has 1 fully saturated rings. The molecule has 1 N–H and O–H groups in total. The molecule has 1 aliphatic heterocycles. The number of benzene rings is 1. The SMILES string of the molecule is CCNC1CCN(c2cc(C(F)(F)F)ccc2Cl)C1=O. The van der Waals surface area contributed by atoms with Crippen LogP contribution in [-0.2, 0) is 11.0 Å². The molecule has 2 rings (SSSR count). The first-order valence-electron chi connectivity index (χ1n) is 6.26. The van der Waals surface area contributed by atoms with Crippen LogP contribution in [0.3, 0.4) is 0 Å². The van der Waals surface area contributed by atoms with E-state index in [9.17, 15) is 18.0 Å². The molecule has 1 aromatic carbocycles. The first-order chi connectivity index (χ1) is 9.34. The molecule has 0 saturated carbocycles. The number of carbonyl (C=O) groups excluding carboxylic acids is 1. The Morgan fingerprint density at radius 3 is 2.75 bits per heavy atom. The average Bonchev–Trinajstić information content (AvgIpc) is 2.71. The summed E-state index contributed by atoms with van der Waals surface area (Å²) in [6.45, 7) is 2.85. The fraction of sp³-hybridized carbons (Fsp3) is 0.462. The zero-order valence-corrected chi connectivity index (χ0v) is 11.6. The number of carbonyl (C=O) groups is 1. The van der Waals surface area contributed by atoms with E-state index in [4.69, 9.17) is 11.6 Å². The Bertz CT molecular complexity index is 519. The van der Waals surface area contributed by atoms with Crippen LogP contribution in [0.2, 0.25) is 5.02 Å². The quantitative estimate of drug-likeness (QED) is 0.931. The first-order valence-corrected chi connectivity index (χ1v) is 6.64. The van der Waals surface area contributed by atoms with Gasteiger partial charge in [0, 0.05) is 6.54 Å². The monoisotopic (exact) mass is 306 g/mol. The number of halogens is 4. The molecule has 1 saturated heterocycles. The predicted octanol–water partition coefficient (Wildman–Crippen LogP) is 3.07. The van der Waals surface area contributed by atoms with Crippen LogP contribution >= 0.6 is 11.6 Å². The molecular weight excluding hydrogens is 293 g/mol. The van der Waals surface area contributed by atoms with Crippen LogP contribution in [-0.4, -0.2) is 25.0 Å². The van der Waals surface area contributed by atoms with Gasteiger partial charge in [0.15, 0.2) is 0 Å². The second-order valence-electron chi connectivity index (χ2n) is 4.55. The maximum atomic E-state index is 12.7. The average molecular weight is 307 g/mol. The molecular formula is C13H14ClF3N2O. The third-order valence-corrected chi connectivity index (χ3v) is 3.54. The molecule has 7 heteroatoms. The van der Waals surface area contributed by atoms with Gasteiger partial charge in [0.2, 0.25) is 5.91 Å². The molecule has 0 spiro atoms. The van der Waals surface area contributed by atoms with Crippen LogP contribution in [0.15, 0.2) is 18.2 Å². The second kappa shape index (κ2) is 5.61. The van der Waals surface area contributed by atoms with Gasteiger partial charge in [-0.3, -0.25) is 4.79 Å². The zero-order valence-electron chi connectivity index (χ0n) is 10.8. The van der Waals surface area contributed by atoms with E-state index in [1.807, 2.05) is 6.92 Å². The third-order valence-electron chi connectivity index (χ3n) is 3.22. The van der Waals surface area contributed by atoms with E-state index in [2.05, 4.69) is 5.32 Å². The lowest BCUT2D eigenvalue weighted by Crippen LogP contribution is -2.38. The molecule has 110 valence electrons. The summed E-state index contributed by atoms with van der Waals surface area (Å²) in [6.07, 6.45) is -3.90. The van der Waals surface area contributed by atoms with Gasteiger partial charge in [-0.25, -0.2) is 0 Å². The van der Waals surface area contributed by atoms with Crippen molar-refractivity contribution in [3.63, 3.8) is 0 Å². The highest BCUT2D eigenvalue weighted by Crippen LogP contribution is 2.36. The molecule has 0 aliphatic carbocycles. The molecule has 1 atom stereocenters. The van der Waals surface area contributed by atoms with Crippen molar-refractivity contribution in [3.8, 4) is 0 Å². The first kappa shape index (κ1) is 15.1. The Morgan fingerprint density at radius 1 is 1.45 bits per heavy atom. The van der Waals surface area contributed by atoms with Crippen molar-refractivity contribution in [1.82, 2.24) is 5.32 Å². The predicted molar refractivity (Wildman–Crippen MR) is 70.9 cm³/mol. The molecule has 1 heterocycles. The summed E-state index contributed by atoms with van der Waals surface area (Å²) in [5.74, 6) is -0.243. The number of nitrogens with one attached hydrogen (secondary N) is 1. The highest BCUT2D eigenvalue weighted by Gasteiger charge is 2.35. The number of amides is 1. The van der Waals surface area contributed by atoms with E-state index in [0.29, 0.717) is 19.5 Å². The van der Waals surface area contributed by atoms with E-state index in [0.717, 1.165) is 12.1 Å². The molecule has 0 bridgehead atoms. The summed E-state index contributed by atoms with van der Waals surface area (Å²) >= 11 is 5.93. The van der Waals surface area contributed by atoms with Crippen molar-refractivity contribution < 1.29 is 18.0 Å². The van der Waals surface area contributed by atoms with Crippen LogP contribution in [0.4, 0.5) is 18.9 Å². The van der Waals surface area contributed by atoms with Crippen LogP contribution in [0.1, 0.15) is 18.9 Å². The number of hydrogen-bond donors (Lipinski definition) is 1. The molecule has 20 heavy (non-hydrogen) atoms. The van der Waals surface area contributed by atoms with Gasteiger partial charge in [-0.15, -0.1) is 0 Å². The van der Waals surface area contributed by atoms with Gasteiger partial charge in [-0.2, -0.15) is 13.2 Å². The molecule has 0 aromatic heterocycles. The molecule has 1 amide bonds. The largest absolute Gasteiger partial charge is 0.416 e. The maximum Gasteiger partial charge on any atom is 0.416 e. The molecule has 1 aliphatic rings. The summed E-state index contributed by atoms with van der Waals surface area (Å²) < 4.78 is 38.2. The van der Waals surface area contributed by atoms with E-state index < -0.39 is 11.7 Å². The Hall–Kier alpha value is -1.27. The smallest absolute Gasteiger partial charge is 0.309 e. The lowest BCUT2D eigenvalue weighted by Gasteiger charge is -2.20. The summed E-state index contributed by atoms with van der Waals surface area (Å²) in [4.78, 5) is 13.4. The van der Waals surface area contributed by atoms with Gasteiger partial charge in [-0.1, -0.05) is 18.5 Å². The topological polar surface area (TPSA) is 32.3 Å². The maximum absolute atomic E-state index is 12.7. The Balaban J connectivity index is 2.31. The summed E-state index contributed by atoms with van der Waals surface area (Å²) in [5, 5.41) is 3.14. The molecule has 1 unspecified atom stereocenters.